The highest BCUT2D eigenvalue weighted by atomic mass is 35.5. The molecule has 0 atom stereocenters. The molecule has 3 rings (SSSR count). The van der Waals surface area contributed by atoms with Crippen LogP contribution in [0.1, 0.15) is 5.89 Å². The number of ether oxygens (including phenoxy) is 2. The molecular weight excluding hydrogens is 429 g/mol. The van der Waals surface area contributed by atoms with Gasteiger partial charge in [-0.1, -0.05) is 28.4 Å². The third-order valence-electron chi connectivity index (χ3n) is 3.75. The Bertz CT molecular complexity index is 1080. The Morgan fingerprint density at radius 2 is 1.75 bits per heavy atom. The van der Waals surface area contributed by atoms with E-state index in [-0.39, 0.29) is 33.1 Å². The normalized spacial score (nSPS) is 11.4. The summed E-state index contributed by atoms with van der Waals surface area (Å²) in [5, 5.41) is 3.71. The fraction of sp³-hybridized carbons (Fsp3) is 0.176. The fourth-order valence-corrected chi connectivity index (χ4v) is 4.11. The molecule has 0 unspecified atom stereocenters. The molecule has 1 N–H and O–H groups in total. The van der Waals surface area contributed by atoms with Crippen molar-refractivity contribution >= 4 is 33.2 Å². The highest BCUT2D eigenvalue weighted by Gasteiger charge is 2.22. The number of nitrogens with one attached hydrogen (secondary N) is 1. The molecular formula is C17H15Cl2N3O5S. The zero-order valence-electron chi connectivity index (χ0n) is 14.8. The molecule has 0 aliphatic carbocycles. The van der Waals surface area contributed by atoms with E-state index in [1.807, 2.05) is 0 Å². The molecule has 148 valence electrons. The van der Waals surface area contributed by atoms with Gasteiger partial charge in [0.25, 0.3) is 0 Å². The predicted octanol–water partition coefficient (Wildman–Crippen LogP) is 3.54. The Hall–Kier alpha value is -2.33. The van der Waals surface area contributed by atoms with E-state index in [4.69, 9.17) is 37.2 Å². The second-order valence-corrected chi connectivity index (χ2v) is 7.95. The van der Waals surface area contributed by atoms with E-state index in [1.54, 1.807) is 31.4 Å². The van der Waals surface area contributed by atoms with Crippen molar-refractivity contribution in [3.8, 4) is 22.9 Å². The average molecular weight is 444 g/mol. The van der Waals surface area contributed by atoms with Crippen molar-refractivity contribution in [2.75, 3.05) is 14.2 Å². The van der Waals surface area contributed by atoms with Crippen molar-refractivity contribution in [2.24, 2.45) is 0 Å². The number of hydrogen-bond acceptors (Lipinski definition) is 7. The van der Waals surface area contributed by atoms with Gasteiger partial charge >= 0.3 is 0 Å². The van der Waals surface area contributed by atoms with Crippen LogP contribution in [0.25, 0.3) is 11.4 Å². The van der Waals surface area contributed by atoms with Crippen LogP contribution in [-0.4, -0.2) is 32.8 Å². The van der Waals surface area contributed by atoms with Crippen molar-refractivity contribution in [3.05, 3.63) is 52.3 Å². The second kappa shape index (κ2) is 8.36. The van der Waals surface area contributed by atoms with Crippen molar-refractivity contribution < 1.29 is 22.4 Å². The smallest absolute Gasteiger partial charge is 0.242 e. The Balaban J connectivity index is 1.75. The maximum Gasteiger partial charge on any atom is 0.242 e. The van der Waals surface area contributed by atoms with Crippen LogP contribution in [0.3, 0.4) is 0 Å². The van der Waals surface area contributed by atoms with Crippen molar-refractivity contribution in [1.29, 1.82) is 0 Å². The zero-order valence-corrected chi connectivity index (χ0v) is 17.1. The minimum absolute atomic E-state index is 0.00613. The summed E-state index contributed by atoms with van der Waals surface area (Å²) in [7, 11) is -0.999. The number of halogens is 2. The first-order valence-electron chi connectivity index (χ1n) is 7.84. The third-order valence-corrected chi connectivity index (χ3v) is 6.17. The summed E-state index contributed by atoms with van der Waals surface area (Å²) in [4.78, 5) is 3.99. The van der Waals surface area contributed by atoms with E-state index >= 15 is 0 Å². The maximum atomic E-state index is 12.5. The minimum atomic E-state index is -3.97. The van der Waals surface area contributed by atoms with Crippen LogP contribution in [0.5, 0.6) is 11.5 Å². The van der Waals surface area contributed by atoms with Gasteiger partial charge in [0, 0.05) is 5.56 Å². The quantitative estimate of drug-likeness (QED) is 0.595. The molecule has 8 nitrogen and oxygen atoms in total. The molecule has 0 saturated carbocycles. The molecule has 0 radical (unpaired) electrons. The van der Waals surface area contributed by atoms with Gasteiger partial charge in [-0.25, -0.2) is 13.1 Å². The topological polar surface area (TPSA) is 104 Å². The summed E-state index contributed by atoms with van der Waals surface area (Å²) in [5.74, 6) is 1.37. The average Bonchev–Trinajstić information content (AvgIpc) is 3.17. The van der Waals surface area contributed by atoms with Crippen molar-refractivity contribution in [2.45, 2.75) is 11.4 Å². The molecule has 0 saturated heterocycles. The van der Waals surface area contributed by atoms with Gasteiger partial charge in [0.15, 0.2) is 0 Å². The predicted molar refractivity (Wildman–Crippen MR) is 103 cm³/mol. The number of rotatable bonds is 7. The molecule has 0 amide bonds. The summed E-state index contributed by atoms with van der Waals surface area (Å²) >= 11 is 12.1. The van der Waals surface area contributed by atoms with E-state index in [9.17, 15) is 8.42 Å². The molecule has 11 heteroatoms. The number of benzene rings is 2. The van der Waals surface area contributed by atoms with Crippen LogP contribution in [-0.2, 0) is 16.6 Å². The van der Waals surface area contributed by atoms with E-state index < -0.39 is 10.0 Å². The molecule has 0 bridgehead atoms. The summed E-state index contributed by atoms with van der Waals surface area (Å²) in [6.45, 7) is -0.217. The van der Waals surface area contributed by atoms with Gasteiger partial charge in [-0.2, -0.15) is 4.98 Å². The monoisotopic (exact) mass is 443 g/mol. The first-order chi connectivity index (χ1) is 13.4. The largest absolute Gasteiger partial charge is 0.497 e. The summed E-state index contributed by atoms with van der Waals surface area (Å²) in [6, 6.07) is 9.74. The van der Waals surface area contributed by atoms with Crippen LogP contribution in [0, 0.1) is 0 Å². The number of nitrogens with zero attached hydrogens (tertiary/aromatic N) is 2. The molecule has 0 fully saturated rings. The third kappa shape index (κ3) is 4.22. The van der Waals surface area contributed by atoms with E-state index in [0.29, 0.717) is 17.1 Å². The number of methoxy groups -OCH3 is 2. The Morgan fingerprint density at radius 3 is 2.39 bits per heavy atom. The molecule has 3 aromatic rings. The maximum absolute atomic E-state index is 12.5. The van der Waals surface area contributed by atoms with E-state index in [0.717, 1.165) is 0 Å². The SMILES string of the molecule is COc1ccc(-c2noc(CNS(=O)(=O)c3ccc(OC)c(Cl)c3Cl)n2)cc1. The lowest BCUT2D eigenvalue weighted by atomic mass is 10.2. The lowest BCUT2D eigenvalue weighted by Gasteiger charge is -2.10. The first-order valence-corrected chi connectivity index (χ1v) is 10.1. The first kappa shape index (κ1) is 20.4. The van der Waals surface area contributed by atoms with Crippen LogP contribution < -0.4 is 14.2 Å². The van der Waals surface area contributed by atoms with Gasteiger partial charge < -0.3 is 14.0 Å². The molecule has 0 aliphatic rings. The standard InChI is InChI=1S/C17H15Cl2N3O5S/c1-25-11-5-3-10(4-6-11)17-21-14(27-22-17)9-20-28(23,24)13-8-7-12(26-2)15(18)16(13)19/h3-8,20H,9H2,1-2H3. The molecule has 1 heterocycles. The number of sulfonamides is 1. The van der Waals surface area contributed by atoms with Crippen molar-refractivity contribution in [3.63, 3.8) is 0 Å². The van der Waals surface area contributed by atoms with Crippen LogP contribution in [0.2, 0.25) is 10.0 Å². The second-order valence-electron chi connectivity index (χ2n) is 5.46. The van der Waals surface area contributed by atoms with Crippen LogP contribution in [0.15, 0.2) is 45.8 Å². The number of hydrogen-bond donors (Lipinski definition) is 1. The fourth-order valence-electron chi connectivity index (χ4n) is 2.30. The molecule has 28 heavy (non-hydrogen) atoms. The lowest BCUT2D eigenvalue weighted by Crippen LogP contribution is -2.23. The van der Waals surface area contributed by atoms with Crippen molar-refractivity contribution in [1.82, 2.24) is 14.9 Å². The van der Waals surface area contributed by atoms with Gasteiger partial charge in [-0.3, -0.25) is 0 Å². The Kier molecular flexibility index (Phi) is 6.09. The zero-order chi connectivity index (χ0) is 20.3. The van der Waals surface area contributed by atoms with E-state index in [1.165, 1.54) is 19.2 Å². The highest BCUT2D eigenvalue weighted by molar-refractivity contribution is 7.89. The highest BCUT2D eigenvalue weighted by Crippen LogP contribution is 2.36. The lowest BCUT2D eigenvalue weighted by molar-refractivity contribution is 0.376. The van der Waals surface area contributed by atoms with Gasteiger partial charge in [0.05, 0.1) is 25.8 Å². The molecule has 0 aliphatic heterocycles. The Labute approximate surface area is 171 Å². The van der Waals surface area contributed by atoms with Gasteiger partial charge in [-0.05, 0) is 36.4 Å². The molecule has 1 aromatic heterocycles. The Morgan fingerprint density at radius 1 is 1.04 bits per heavy atom. The van der Waals surface area contributed by atoms with Crippen LogP contribution in [0.4, 0.5) is 0 Å². The molecule has 2 aromatic carbocycles. The van der Waals surface area contributed by atoms with Gasteiger partial charge in [0.2, 0.25) is 21.7 Å². The summed E-state index contributed by atoms with van der Waals surface area (Å²) < 4.78 is 42.6. The summed E-state index contributed by atoms with van der Waals surface area (Å²) in [5.41, 5.74) is 0.698. The van der Waals surface area contributed by atoms with Gasteiger partial charge in [-0.15, -0.1) is 0 Å². The number of aromatic nitrogens is 2. The minimum Gasteiger partial charge on any atom is -0.497 e. The molecule has 0 spiro atoms. The van der Waals surface area contributed by atoms with E-state index in [2.05, 4.69) is 14.9 Å². The van der Waals surface area contributed by atoms with Gasteiger partial charge in [0.1, 0.15) is 21.4 Å². The summed E-state index contributed by atoms with van der Waals surface area (Å²) in [6.07, 6.45) is 0. The van der Waals surface area contributed by atoms with Crippen LogP contribution >= 0.6 is 23.2 Å².